The quantitative estimate of drug-likeness (QED) is 0.768. The van der Waals surface area contributed by atoms with Crippen molar-refractivity contribution in [3.63, 3.8) is 0 Å². The maximum atomic E-state index is 11.7. The van der Waals surface area contributed by atoms with Gasteiger partial charge in [0.15, 0.2) is 0 Å². The summed E-state index contributed by atoms with van der Waals surface area (Å²) in [6.07, 6.45) is 2.60. The van der Waals surface area contributed by atoms with E-state index in [0.29, 0.717) is 6.61 Å². The molecule has 1 rings (SSSR count). The van der Waals surface area contributed by atoms with Crippen LogP contribution in [0.5, 0.6) is 0 Å². The highest BCUT2D eigenvalue weighted by molar-refractivity contribution is 5.74. The molecule has 0 spiro atoms. The third kappa shape index (κ3) is 6.78. The summed E-state index contributed by atoms with van der Waals surface area (Å²) in [5.74, 6) is 0.775. The van der Waals surface area contributed by atoms with Gasteiger partial charge in [-0.1, -0.05) is 6.92 Å². The van der Waals surface area contributed by atoms with Crippen molar-refractivity contribution in [1.29, 1.82) is 0 Å². The molecule has 2 amide bonds. The van der Waals surface area contributed by atoms with Crippen molar-refractivity contribution < 1.29 is 9.53 Å². The standard InChI is InChI=1S/C14H29N3O2/c1-11-6-5-7-17(8-11)9-12(2)15-14(18)16-13(3)10-19-4/h11-13H,5-10H2,1-4H3,(H2,15,16,18). The molecular weight excluding hydrogens is 242 g/mol. The Morgan fingerprint density at radius 1 is 1.37 bits per heavy atom. The van der Waals surface area contributed by atoms with Crippen LogP contribution in [-0.4, -0.2) is 56.4 Å². The molecule has 1 heterocycles. The van der Waals surface area contributed by atoms with Gasteiger partial charge in [0, 0.05) is 26.2 Å². The Kier molecular flexibility index (Phi) is 7.16. The second-order valence-corrected chi connectivity index (χ2v) is 5.88. The fourth-order valence-electron chi connectivity index (χ4n) is 2.67. The number of hydrogen-bond acceptors (Lipinski definition) is 3. The van der Waals surface area contributed by atoms with Crippen LogP contribution in [0, 0.1) is 5.92 Å². The summed E-state index contributed by atoms with van der Waals surface area (Å²) in [4.78, 5) is 14.2. The molecule has 1 saturated heterocycles. The number of urea groups is 1. The first-order valence-corrected chi connectivity index (χ1v) is 7.29. The van der Waals surface area contributed by atoms with E-state index in [0.717, 1.165) is 25.6 Å². The second-order valence-electron chi connectivity index (χ2n) is 5.88. The Morgan fingerprint density at radius 2 is 2.05 bits per heavy atom. The van der Waals surface area contributed by atoms with Crippen molar-refractivity contribution in [1.82, 2.24) is 15.5 Å². The van der Waals surface area contributed by atoms with Crippen molar-refractivity contribution in [2.45, 2.75) is 45.7 Å². The summed E-state index contributed by atoms with van der Waals surface area (Å²) >= 11 is 0. The van der Waals surface area contributed by atoms with Gasteiger partial charge in [-0.2, -0.15) is 0 Å². The Hall–Kier alpha value is -0.810. The summed E-state index contributed by atoms with van der Waals surface area (Å²) in [5.41, 5.74) is 0. The second kappa shape index (κ2) is 8.38. The van der Waals surface area contributed by atoms with Crippen molar-refractivity contribution in [2.75, 3.05) is 33.4 Å². The number of carbonyl (C=O) groups excluding carboxylic acids is 1. The Balaban J connectivity index is 2.22. The van der Waals surface area contributed by atoms with Crippen molar-refractivity contribution in [3.05, 3.63) is 0 Å². The molecule has 1 fully saturated rings. The molecule has 0 aliphatic carbocycles. The molecule has 3 unspecified atom stereocenters. The third-order valence-corrected chi connectivity index (χ3v) is 3.44. The van der Waals surface area contributed by atoms with Crippen LogP contribution in [0.15, 0.2) is 0 Å². The van der Waals surface area contributed by atoms with Crippen molar-refractivity contribution >= 4 is 6.03 Å². The van der Waals surface area contributed by atoms with Gasteiger partial charge in [-0.15, -0.1) is 0 Å². The van der Waals surface area contributed by atoms with Crippen LogP contribution in [0.25, 0.3) is 0 Å². The highest BCUT2D eigenvalue weighted by atomic mass is 16.5. The number of nitrogens with zero attached hydrogens (tertiary/aromatic N) is 1. The Bertz CT molecular complexity index is 273. The molecule has 0 aromatic rings. The summed E-state index contributed by atoms with van der Waals surface area (Å²) in [6, 6.07) is 0.0920. The number of hydrogen-bond donors (Lipinski definition) is 2. The van der Waals surface area contributed by atoms with Gasteiger partial charge in [0.25, 0.3) is 0 Å². The lowest BCUT2D eigenvalue weighted by molar-refractivity contribution is 0.162. The first kappa shape index (κ1) is 16.2. The van der Waals surface area contributed by atoms with Crippen LogP contribution >= 0.6 is 0 Å². The zero-order valence-electron chi connectivity index (χ0n) is 12.7. The van der Waals surface area contributed by atoms with Crippen LogP contribution in [0.3, 0.4) is 0 Å². The van der Waals surface area contributed by atoms with Crippen molar-refractivity contribution in [3.8, 4) is 0 Å². The predicted molar refractivity (Wildman–Crippen MR) is 77.3 cm³/mol. The number of nitrogens with one attached hydrogen (secondary N) is 2. The van der Waals surface area contributed by atoms with E-state index in [9.17, 15) is 4.79 Å². The SMILES string of the molecule is COCC(C)NC(=O)NC(C)CN1CCCC(C)C1. The third-order valence-electron chi connectivity index (χ3n) is 3.44. The van der Waals surface area contributed by atoms with E-state index < -0.39 is 0 Å². The number of amides is 2. The first-order valence-electron chi connectivity index (χ1n) is 7.29. The molecule has 112 valence electrons. The van der Waals surface area contributed by atoms with E-state index in [4.69, 9.17) is 4.74 Å². The molecular formula is C14H29N3O2. The van der Waals surface area contributed by atoms with E-state index in [2.05, 4.69) is 29.4 Å². The monoisotopic (exact) mass is 271 g/mol. The minimum absolute atomic E-state index is 0.0345. The van der Waals surface area contributed by atoms with E-state index in [-0.39, 0.29) is 18.1 Å². The molecule has 19 heavy (non-hydrogen) atoms. The molecule has 2 N–H and O–H groups in total. The average molecular weight is 271 g/mol. The number of piperidine rings is 1. The maximum Gasteiger partial charge on any atom is 0.315 e. The summed E-state index contributed by atoms with van der Waals surface area (Å²) in [6.45, 7) is 10.0. The van der Waals surface area contributed by atoms with Gasteiger partial charge in [0.2, 0.25) is 0 Å². The van der Waals surface area contributed by atoms with E-state index in [1.54, 1.807) is 7.11 Å². The maximum absolute atomic E-state index is 11.7. The van der Waals surface area contributed by atoms with Crippen LogP contribution < -0.4 is 10.6 Å². The lowest BCUT2D eigenvalue weighted by Gasteiger charge is -2.33. The molecule has 3 atom stereocenters. The lowest BCUT2D eigenvalue weighted by atomic mass is 10.00. The molecule has 0 bridgehead atoms. The molecule has 1 aliphatic rings. The van der Waals surface area contributed by atoms with Crippen LogP contribution in [0.4, 0.5) is 4.79 Å². The number of carbonyl (C=O) groups is 1. The Labute approximate surface area is 117 Å². The average Bonchev–Trinajstić information content (AvgIpc) is 2.28. The van der Waals surface area contributed by atoms with Gasteiger partial charge >= 0.3 is 6.03 Å². The van der Waals surface area contributed by atoms with Gasteiger partial charge in [-0.3, -0.25) is 0 Å². The molecule has 1 aliphatic heterocycles. The minimum atomic E-state index is -0.109. The van der Waals surface area contributed by atoms with Gasteiger partial charge < -0.3 is 20.3 Å². The number of rotatable bonds is 6. The van der Waals surface area contributed by atoms with Crippen LogP contribution in [0.1, 0.15) is 33.6 Å². The van der Waals surface area contributed by atoms with Crippen molar-refractivity contribution in [2.24, 2.45) is 5.92 Å². The van der Waals surface area contributed by atoms with Crippen LogP contribution in [-0.2, 0) is 4.74 Å². The highest BCUT2D eigenvalue weighted by Crippen LogP contribution is 2.15. The molecule has 0 aromatic heterocycles. The van der Waals surface area contributed by atoms with Gasteiger partial charge in [0.05, 0.1) is 12.6 Å². The zero-order chi connectivity index (χ0) is 14.3. The number of likely N-dealkylation sites (tertiary alicyclic amines) is 1. The number of methoxy groups -OCH3 is 1. The zero-order valence-corrected chi connectivity index (χ0v) is 12.7. The minimum Gasteiger partial charge on any atom is -0.383 e. The van der Waals surface area contributed by atoms with Gasteiger partial charge in [0.1, 0.15) is 0 Å². The molecule has 5 heteroatoms. The molecule has 5 nitrogen and oxygen atoms in total. The topological polar surface area (TPSA) is 53.6 Å². The molecule has 0 aromatic carbocycles. The smallest absolute Gasteiger partial charge is 0.315 e. The summed E-state index contributed by atoms with van der Waals surface area (Å²) in [5, 5.41) is 5.85. The van der Waals surface area contributed by atoms with E-state index >= 15 is 0 Å². The van der Waals surface area contributed by atoms with Crippen LogP contribution in [0.2, 0.25) is 0 Å². The summed E-state index contributed by atoms with van der Waals surface area (Å²) in [7, 11) is 1.64. The summed E-state index contributed by atoms with van der Waals surface area (Å²) < 4.78 is 4.99. The first-order chi connectivity index (χ1) is 9.01. The van der Waals surface area contributed by atoms with Gasteiger partial charge in [-0.25, -0.2) is 4.79 Å². The lowest BCUT2D eigenvalue weighted by Crippen LogP contribution is -2.50. The van der Waals surface area contributed by atoms with E-state index in [1.165, 1.54) is 12.8 Å². The molecule has 0 radical (unpaired) electrons. The number of ether oxygens (including phenoxy) is 1. The van der Waals surface area contributed by atoms with Gasteiger partial charge in [-0.05, 0) is 39.2 Å². The highest BCUT2D eigenvalue weighted by Gasteiger charge is 2.19. The largest absolute Gasteiger partial charge is 0.383 e. The fraction of sp³-hybridized carbons (Fsp3) is 0.929. The predicted octanol–water partition coefficient (Wildman–Crippen LogP) is 1.44. The Morgan fingerprint density at radius 3 is 2.68 bits per heavy atom. The normalized spacial score (nSPS) is 23.7. The van der Waals surface area contributed by atoms with E-state index in [1.807, 2.05) is 6.92 Å². The fourth-order valence-corrected chi connectivity index (χ4v) is 2.67. The molecule has 0 saturated carbocycles.